The van der Waals surface area contributed by atoms with Crippen LogP contribution in [0.3, 0.4) is 0 Å². The van der Waals surface area contributed by atoms with E-state index in [2.05, 4.69) is 10.3 Å². The van der Waals surface area contributed by atoms with Gasteiger partial charge in [0.2, 0.25) is 5.28 Å². The largest absolute Gasteiger partial charge is 0.316 e. The van der Waals surface area contributed by atoms with Crippen LogP contribution < -0.4 is 10.9 Å². The fraction of sp³-hybridized carbons (Fsp3) is 0.333. The Kier molecular flexibility index (Phi) is 2.80. The number of aromatic nitrogens is 2. The fourth-order valence-electron chi connectivity index (χ4n) is 2.06. The van der Waals surface area contributed by atoms with E-state index in [0.29, 0.717) is 18.0 Å². The monoisotopic (exact) mass is 267 g/mol. The van der Waals surface area contributed by atoms with Crippen molar-refractivity contribution in [2.45, 2.75) is 6.54 Å². The maximum Gasteiger partial charge on any atom is 0.262 e. The van der Waals surface area contributed by atoms with Gasteiger partial charge in [0.05, 0.1) is 10.9 Å². The van der Waals surface area contributed by atoms with Crippen molar-refractivity contribution in [3.63, 3.8) is 0 Å². The van der Waals surface area contributed by atoms with E-state index in [-0.39, 0.29) is 16.2 Å². The van der Waals surface area contributed by atoms with Gasteiger partial charge >= 0.3 is 0 Å². The van der Waals surface area contributed by atoms with Gasteiger partial charge in [-0.15, -0.1) is 0 Å². The topological polar surface area (TPSA) is 46.9 Å². The summed E-state index contributed by atoms with van der Waals surface area (Å²) in [5.41, 5.74) is 0.144. The molecule has 0 unspecified atom stereocenters. The Balaban J connectivity index is 2.15. The molecular formula is C12H11ClFN3O. The lowest BCUT2D eigenvalue weighted by Gasteiger charge is -2.27. The average Bonchev–Trinajstić information content (AvgIpc) is 2.28. The van der Waals surface area contributed by atoms with E-state index < -0.39 is 5.82 Å². The molecule has 2 heterocycles. The smallest absolute Gasteiger partial charge is 0.262 e. The summed E-state index contributed by atoms with van der Waals surface area (Å²) < 4.78 is 14.6. The number of rotatable bonds is 2. The minimum Gasteiger partial charge on any atom is -0.316 e. The minimum atomic E-state index is -0.444. The molecule has 0 radical (unpaired) electrons. The molecule has 6 heteroatoms. The van der Waals surface area contributed by atoms with E-state index in [0.717, 1.165) is 13.1 Å². The van der Waals surface area contributed by atoms with Crippen LogP contribution in [0.1, 0.15) is 0 Å². The lowest BCUT2D eigenvalue weighted by Crippen LogP contribution is -2.45. The summed E-state index contributed by atoms with van der Waals surface area (Å²) in [6.07, 6.45) is 0. The Morgan fingerprint density at radius 2 is 2.28 bits per heavy atom. The second kappa shape index (κ2) is 4.33. The highest BCUT2D eigenvalue weighted by molar-refractivity contribution is 6.28. The maximum absolute atomic E-state index is 13.2. The number of hydrogen-bond acceptors (Lipinski definition) is 3. The van der Waals surface area contributed by atoms with E-state index in [4.69, 9.17) is 11.6 Å². The third-order valence-electron chi connectivity index (χ3n) is 3.18. The first-order chi connectivity index (χ1) is 8.65. The van der Waals surface area contributed by atoms with E-state index >= 15 is 0 Å². The molecule has 4 nitrogen and oxygen atoms in total. The Morgan fingerprint density at radius 3 is 2.94 bits per heavy atom. The first-order valence-electron chi connectivity index (χ1n) is 5.71. The summed E-state index contributed by atoms with van der Waals surface area (Å²) in [6, 6.07) is 3.94. The molecule has 0 atom stereocenters. The Bertz CT molecular complexity index is 666. The highest BCUT2D eigenvalue weighted by Gasteiger charge is 2.20. The second-order valence-corrected chi connectivity index (χ2v) is 4.82. The zero-order chi connectivity index (χ0) is 12.7. The van der Waals surface area contributed by atoms with Gasteiger partial charge in [0.1, 0.15) is 5.82 Å². The molecule has 0 spiro atoms. The van der Waals surface area contributed by atoms with Crippen molar-refractivity contribution in [2.24, 2.45) is 5.92 Å². The predicted molar refractivity (Wildman–Crippen MR) is 67.3 cm³/mol. The SMILES string of the molecule is O=c1c2cc(F)ccc2nc(Cl)n1CC1CNC1. The highest BCUT2D eigenvalue weighted by Crippen LogP contribution is 2.15. The number of nitrogens with zero attached hydrogens (tertiary/aromatic N) is 2. The Morgan fingerprint density at radius 1 is 1.50 bits per heavy atom. The third-order valence-corrected chi connectivity index (χ3v) is 3.46. The normalized spacial score (nSPS) is 15.9. The van der Waals surface area contributed by atoms with Gasteiger partial charge in [0.15, 0.2) is 0 Å². The minimum absolute atomic E-state index is 0.158. The molecule has 0 aliphatic carbocycles. The zero-order valence-electron chi connectivity index (χ0n) is 9.49. The maximum atomic E-state index is 13.2. The van der Waals surface area contributed by atoms with Crippen molar-refractivity contribution < 1.29 is 4.39 Å². The molecule has 94 valence electrons. The van der Waals surface area contributed by atoms with Crippen LogP contribution in [-0.2, 0) is 6.54 Å². The van der Waals surface area contributed by atoms with Crippen molar-refractivity contribution in [1.29, 1.82) is 0 Å². The van der Waals surface area contributed by atoms with Crippen molar-refractivity contribution in [3.8, 4) is 0 Å². The van der Waals surface area contributed by atoms with Crippen molar-refractivity contribution in [1.82, 2.24) is 14.9 Å². The third kappa shape index (κ3) is 1.89. The first-order valence-corrected chi connectivity index (χ1v) is 6.09. The Hall–Kier alpha value is -1.46. The summed E-state index contributed by atoms with van der Waals surface area (Å²) in [7, 11) is 0. The lowest BCUT2D eigenvalue weighted by molar-refractivity contribution is 0.303. The Labute approximate surface area is 107 Å². The molecule has 1 fully saturated rings. The fourth-order valence-corrected chi connectivity index (χ4v) is 2.30. The molecule has 1 N–H and O–H groups in total. The van der Waals surface area contributed by atoms with Gasteiger partial charge in [-0.2, -0.15) is 0 Å². The van der Waals surface area contributed by atoms with Crippen LogP contribution in [0.15, 0.2) is 23.0 Å². The molecule has 1 aliphatic rings. The number of benzene rings is 1. The molecule has 1 saturated heterocycles. The summed E-state index contributed by atoms with van der Waals surface area (Å²) in [4.78, 5) is 16.4. The molecule has 1 aromatic heterocycles. The van der Waals surface area contributed by atoms with Crippen LogP contribution in [0.4, 0.5) is 4.39 Å². The van der Waals surface area contributed by atoms with Gasteiger partial charge in [0, 0.05) is 25.6 Å². The molecule has 2 aromatic rings. The molecule has 3 rings (SSSR count). The van der Waals surface area contributed by atoms with Crippen LogP contribution in [0.2, 0.25) is 5.28 Å². The molecule has 0 saturated carbocycles. The number of halogens is 2. The molecule has 1 aromatic carbocycles. The molecule has 18 heavy (non-hydrogen) atoms. The van der Waals surface area contributed by atoms with E-state index in [1.54, 1.807) is 0 Å². The van der Waals surface area contributed by atoms with Gasteiger partial charge in [-0.1, -0.05) is 0 Å². The summed E-state index contributed by atoms with van der Waals surface area (Å²) >= 11 is 6.01. The molecule has 0 bridgehead atoms. The summed E-state index contributed by atoms with van der Waals surface area (Å²) in [5.74, 6) is -0.0615. The second-order valence-electron chi connectivity index (χ2n) is 4.48. The number of fused-ring (bicyclic) bond motifs is 1. The first kappa shape index (κ1) is 11.6. The summed E-state index contributed by atoms with van der Waals surface area (Å²) in [5, 5.41) is 3.56. The van der Waals surface area contributed by atoms with E-state index in [1.807, 2.05) is 0 Å². The van der Waals surface area contributed by atoms with Crippen molar-refractivity contribution >= 4 is 22.5 Å². The predicted octanol–water partition coefficient (Wildman–Crippen LogP) is 1.41. The van der Waals surface area contributed by atoms with Gasteiger partial charge in [-0.25, -0.2) is 9.37 Å². The van der Waals surface area contributed by atoms with Crippen LogP contribution in [-0.4, -0.2) is 22.6 Å². The van der Waals surface area contributed by atoms with Crippen LogP contribution in [0, 0.1) is 11.7 Å². The molecule has 1 aliphatic heterocycles. The number of hydrogen-bond donors (Lipinski definition) is 1. The van der Waals surface area contributed by atoms with E-state index in [9.17, 15) is 9.18 Å². The highest BCUT2D eigenvalue weighted by atomic mass is 35.5. The molecule has 0 amide bonds. The zero-order valence-corrected chi connectivity index (χ0v) is 10.2. The molecular weight excluding hydrogens is 257 g/mol. The van der Waals surface area contributed by atoms with Gasteiger partial charge in [-0.3, -0.25) is 9.36 Å². The lowest BCUT2D eigenvalue weighted by atomic mass is 10.0. The van der Waals surface area contributed by atoms with Crippen LogP contribution >= 0.6 is 11.6 Å². The van der Waals surface area contributed by atoms with Crippen molar-refractivity contribution in [3.05, 3.63) is 39.7 Å². The van der Waals surface area contributed by atoms with Crippen LogP contribution in [0.5, 0.6) is 0 Å². The standard InChI is InChI=1S/C12H11ClFN3O/c13-12-16-10-2-1-8(14)3-9(10)11(18)17(12)6-7-4-15-5-7/h1-3,7,15H,4-6H2. The van der Waals surface area contributed by atoms with Crippen molar-refractivity contribution in [2.75, 3.05) is 13.1 Å². The van der Waals surface area contributed by atoms with E-state index in [1.165, 1.54) is 22.8 Å². The summed E-state index contributed by atoms with van der Waals surface area (Å²) in [6.45, 7) is 2.25. The number of nitrogens with one attached hydrogen (secondary N) is 1. The quantitative estimate of drug-likeness (QED) is 0.837. The van der Waals surface area contributed by atoms with Crippen LogP contribution in [0.25, 0.3) is 10.9 Å². The van der Waals surface area contributed by atoms with Gasteiger partial charge < -0.3 is 5.32 Å². The average molecular weight is 268 g/mol. The van der Waals surface area contributed by atoms with Gasteiger partial charge in [-0.05, 0) is 29.8 Å². The van der Waals surface area contributed by atoms with Gasteiger partial charge in [0.25, 0.3) is 5.56 Å².